The van der Waals surface area contributed by atoms with Crippen LogP contribution in [0.15, 0.2) is 48.5 Å². The number of nitrogens with zero attached hydrogens (tertiary/aromatic N) is 2. The maximum Gasteiger partial charge on any atom is 0.573 e. The number of amides is 2. The average molecular weight is 486 g/mol. The van der Waals surface area contributed by atoms with Crippen LogP contribution in [0.25, 0.3) is 22.0 Å². The molecule has 1 aliphatic heterocycles. The summed E-state index contributed by atoms with van der Waals surface area (Å²) in [5.41, 5.74) is 1.20. The Morgan fingerprint density at radius 2 is 1.80 bits per heavy atom. The van der Waals surface area contributed by atoms with Crippen molar-refractivity contribution in [1.29, 1.82) is 0 Å². The van der Waals surface area contributed by atoms with Gasteiger partial charge in [-0.05, 0) is 62.6 Å². The lowest BCUT2D eigenvalue weighted by atomic mass is 10.0. The molecule has 35 heavy (non-hydrogen) atoms. The second-order valence-electron chi connectivity index (χ2n) is 8.56. The van der Waals surface area contributed by atoms with E-state index in [-0.39, 0.29) is 23.3 Å². The number of benzene rings is 2. The van der Waals surface area contributed by atoms with Gasteiger partial charge in [0, 0.05) is 23.9 Å². The zero-order valence-corrected chi connectivity index (χ0v) is 19.3. The standard InChI is InChI=1S/C25H25F3N4O3/c1-15(33)29-23-19-14-17(7-6-16(19)8-9-22(23)35-25(26,27)28)20-4-3-5-21(31-20)24(34)30-18-10-12-32(2)13-11-18/h3-9,14,18H,10-13H2,1-2H3,(H,29,33)(H,30,34). The monoisotopic (exact) mass is 486 g/mol. The van der Waals surface area contributed by atoms with Crippen LogP contribution in [-0.4, -0.2) is 54.2 Å². The molecular formula is C25H25F3N4O3. The van der Waals surface area contributed by atoms with Gasteiger partial charge in [-0.25, -0.2) is 4.98 Å². The summed E-state index contributed by atoms with van der Waals surface area (Å²) in [5, 5.41) is 6.42. The average Bonchev–Trinajstić information content (AvgIpc) is 2.81. The number of halogens is 3. The van der Waals surface area contributed by atoms with E-state index in [1.807, 2.05) is 7.05 Å². The molecule has 2 amide bonds. The molecule has 0 atom stereocenters. The number of likely N-dealkylation sites (tertiary alicyclic amines) is 1. The number of hydrogen-bond donors (Lipinski definition) is 2. The largest absolute Gasteiger partial charge is 0.573 e. The van der Waals surface area contributed by atoms with Crippen molar-refractivity contribution >= 4 is 28.3 Å². The molecule has 3 aromatic rings. The number of nitrogens with one attached hydrogen (secondary N) is 2. The van der Waals surface area contributed by atoms with Crippen LogP contribution in [0.1, 0.15) is 30.3 Å². The van der Waals surface area contributed by atoms with Crippen molar-refractivity contribution in [3.63, 3.8) is 0 Å². The summed E-state index contributed by atoms with van der Waals surface area (Å²) in [6, 6.07) is 12.8. The Balaban J connectivity index is 1.66. The van der Waals surface area contributed by atoms with Gasteiger partial charge in [-0.15, -0.1) is 13.2 Å². The summed E-state index contributed by atoms with van der Waals surface area (Å²) < 4.78 is 42.9. The van der Waals surface area contributed by atoms with Crippen LogP contribution in [0.2, 0.25) is 0 Å². The molecule has 4 rings (SSSR count). The Kier molecular flexibility index (Phi) is 6.93. The first-order chi connectivity index (χ1) is 16.6. The molecule has 1 aliphatic rings. The fourth-order valence-corrected chi connectivity index (χ4v) is 4.11. The van der Waals surface area contributed by atoms with E-state index in [0.29, 0.717) is 22.0 Å². The van der Waals surface area contributed by atoms with Gasteiger partial charge in [0.05, 0.1) is 11.4 Å². The van der Waals surface area contributed by atoms with E-state index in [2.05, 4.69) is 25.3 Å². The molecule has 0 radical (unpaired) electrons. The number of alkyl halides is 3. The first kappa shape index (κ1) is 24.5. The zero-order chi connectivity index (χ0) is 25.2. The quantitative estimate of drug-likeness (QED) is 0.552. The van der Waals surface area contributed by atoms with E-state index in [1.54, 1.807) is 36.4 Å². The van der Waals surface area contributed by atoms with Crippen molar-refractivity contribution in [2.45, 2.75) is 32.2 Å². The first-order valence-corrected chi connectivity index (χ1v) is 11.2. The highest BCUT2D eigenvalue weighted by molar-refractivity contribution is 6.05. The third-order valence-electron chi connectivity index (χ3n) is 5.84. The smallest absolute Gasteiger partial charge is 0.404 e. The van der Waals surface area contributed by atoms with E-state index in [0.717, 1.165) is 32.0 Å². The predicted molar refractivity (Wildman–Crippen MR) is 126 cm³/mol. The van der Waals surface area contributed by atoms with E-state index in [9.17, 15) is 22.8 Å². The lowest BCUT2D eigenvalue weighted by Gasteiger charge is -2.29. The summed E-state index contributed by atoms with van der Waals surface area (Å²) in [6.07, 6.45) is -3.20. The lowest BCUT2D eigenvalue weighted by molar-refractivity contribution is -0.274. The van der Waals surface area contributed by atoms with Gasteiger partial charge >= 0.3 is 6.36 Å². The van der Waals surface area contributed by atoms with Crippen LogP contribution in [0.4, 0.5) is 18.9 Å². The Morgan fingerprint density at radius 1 is 1.09 bits per heavy atom. The molecule has 0 aliphatic carbocycles. The predicted octanol–water partition coefficient (Wildman–Crippen LogP) is 4.58. The molecule has 1 aromatic heterocycles. The van der Waals surface area contributed by atoms with Crippen LogP contribution in [0.5, 0.6) is 5.75 Å². The molecule has 7 nitrogen and oxygen atoms in total. The van der Waals surface area contributed by atoms with Crippen molar-refractivity contribution in [3.8, 4) is 17.0 Å². The third-order valence-corrected chi connectivity index (χ3v) is 5.84. The van der Waals surface area contributed by atoms with E-state index >= 15 is 0 Å². The molecule has 2 N–H and O–H groups in total. The van der Waals surface area contributed by atoms with Gasteiger partial charge in [-0.2, -0.15) is 0 Å². The highest BCUT2D eigenvalue weighted by Crippen LogP contribution is 2.38. The van der Waals surface area contributed by atoms with Gasteiger partial charge in [-0.1, -0.05) is 24.3 Å². The Hall–Kier alpha value is -3.66. The molecule has 0 spiro atoms. The van der Waals surface area contributed by atoms with Crippen molar-refractivity contribution < 1.29 is 27.5 Å². The maximum atomic E-state index is 12.9. The summed E-state index contributed by atoms with van der Waals surface area (Å²) >= 11 is 0. The van der Waals surface area contributed by atoms with Crippen LogP contribution in [-0.2, 0) is 4.79 Å². The minimum atomic E-state index is -4.92. The number of hydrogen-bond acceptors (Lipinski definition) is 5. The Morgan fingerprint density at radius 3 is 2.49 bits per heavy atom. The summed E-state index contributed by atoms with van der Waals surface area (Å²) in [4.78, 5) is 31.2. The SMILES string of the molecule is CC(=O)Nc1c(OC(F)(F)F)ccc2ccc(-c3cccc(C(=O)NC4CCN(C)CC4)n3)cc12. The minimum Gasteiger partial charge on any atom is -0.404 e. The fourth-order valence-electron chi connectivity index (χ4n) is 4.11. The maximum absolute atomic E-state index is 12.9. The molecule has 0 unspecified atom stereocenters. The Labute approximate surface area is 200 Å². The number of rotatable bonds is 5. The van der Waals surface area contributed by atoms with Gasteiger partial charge in [0.2, 0.25) is 5.91 Å². The number of pyridine rings is 1. The molecule has 0 bridgehead atoms. The second kappa shape index (κ2) is 9.91. The molecule has 2 heterocycles. The topological polar surface area (TPSA) is 83.6 Å². The fraction of sp³-hybridized carbons (Fsp3) is 0.320. The second-order valence-corrected chi connectivity index (χ2v) is 8.56. The minimum absolute atomic E-state index is 0.0806. The van der Waals surface area contributed by atoms with Crippen molar-refractivity contribution in [2.75, 3.05) is 25.5 Å². The van der Waals surface area contributed by atoms with Gasteiger partial charge < -0.3 is 20.3 Å². The number of anilines is 1. The zero-order valence-electron chi connectivity index (χ0n) is 19.3. The van der Waals surface area contributed by atoms with Crippen LogP contribution in [0, 0.1) is 0 Å². The van der Waals surface area contributed by atoms with Crippen molar-refractivity contribution in [3.05, 3.63) is 54.2 Å². The van der Waals surface area contributed by atoms with E-state index in [1.165, 1.54) is 13.0 Å². The number of aromatic nitrogens is 1. The van der Waals surface area contributed by atoms with E-state index < -0.39 is 18.0 Å². The molecule has 10 heteroatoms. The Bertz CT molecular complexity index is 1250. The number of ether oxygens (including phenoxy) is 1. The normalized spacial score (nSPS) is 15.1. The van der Waals surface area contributed by atoms with Crippen LogP contribution >= 0.6 is 0 Å². The third kappa shape index (κ3) is 6.07. The molecule has 184 valence electrons. The van der Waals surface area contributed by atoms with Gasteiger partial charge in [0.25, 0.3) is 5.91 Å². The number of piperidine rings is 1. The van der Waals surface area contributed by atoms with Gasteiger partial charge in [0.1, 0.15) is 5.69 Å². The first-order valence-electron chi connectivity index (χ1n) is 11.2. The number of fused-ring (bicyclic) bond motifs is 1. The molecule has 2 aromatic carbocycles. The van der Waals surface area contributed by atoms with Gasteiger partial charge in [0.15, 0.2) is 5.75 Å². The van der Waals surface area contributed by atoms with Crippen molar-refractivity contribution in [2.24, 2.45) is 0 Å². The summed E-state index contributed by atoms with van der Waals surface area (Å²) in [6.45, 7) is 3.02. The number of carbonyl (C=O) groups excluding carboxylic acids is 2. The highest BCUT2D eigenvalue weighted by atomic mass is 19.4. The molecule has 0 saturated carbocycles. The van der Waals surface area contributed by atoms with Gasteiger partial charge in [-0.3, -0.25) is 9.59 Å². The number of carbonyl (C=O) groups is 2. The van der Waals surface area contributed by atoms with Crippen LogP contribution in [0.3, 0.4) is 0 Å². The molecule has 1 fully saturated rings. The molecule has 1 saturated heterocycles. The molecular weight excluding hydrogens is 461 g/mol. The summed E-state index contributed by atoms with van der Waals surface area (Å²) in [7, 11) is 2.04. The highest BCUT2D eigenvalue weighted by Gasteiger charge is 2.32. The lowest BCUT2D eigenvalue weighted by Crippen LogP contribution is -2.43. The van der Waals surface area contributed by atoms with Crippen LogP contribution < -0.4 is 15.4 Å². The van der Waals surface area contributed by atoms with E-state index in [4.69, 9.17) is 0 Å². The summed E-state index contributed by atoms with van der Waals surface area (Å²) in [5.74, 6) is -1.33. The van der Waals surface area contributed by atoms with Crippen molar-refractivity contribution in [1.82, 2.24) is 15.2 Å².